The number of carbonyl (C=O) groups is 1. The van der Waals surface area contributed by atoms with Gasteiger partial charge in [0.05, 0.1) is 16.6 Å². The van der Waals surface area contributed by atoms with Gasteiger partial charge in [0.2, 0.25) is 0 Å². The summed E-state index contributed by atoms with van der Waals surface area (Å²) in [7, 11) is -3.16. The third kappa shape index (κ3) is 4.03. The molecule has 0 heterocycles. The fraction of sp³-hybridized carbons (Fsp3) is 0.417. The zero-order chi connectivity index (χ0) is 13.8. The topological polar surface area (TPSA) is 71.4 Å². The van der Waals surface area contributed by atoms with E-state index in [0.717, 1.165) is 4.90 Å². The summed E-state index contributed by atoms with van der Waals surface area (Å²) in [6, 6.07) is 6.54. The molecule has 4 nitrogen and oxygen atoms in total. The van der Waals surface area contributed by atoms with E-state index in [9.17, 15) is 13.2 Å². The van der Waals surface area contributed by atoms with E-state index < -0.39 is 21.7 Å². The van der Waals surface area contributed by atoms with Crippen molar-refractivity contribution in [3.05, 3.63) is 24.3 Å². The van der Waals surface area contributed by atoms with E-state index in [0.29, 0.717) is 10.6 Å². The van der Waals surface area contributed by atoms with Crippen LogP contribution in [0.2, 0.25) is 0 Å². The minimum Gasteiger partial charge on any atom is -0.481 e. The van der Waals surface area contributed by atoms with E-state index in [-0.39, 0.29) is 5.75 Å². The van der Waals surface area contributed by atoms with Crippen molar-refractivity contribution in [3.63, 3.8) is 0 Å². The summed E-state index contributed by atoms with van der Waals surface area (Å²) in [5.74, 6) is -0.702. The minimum atomic E-state index is -3.16. The van der Waals surface area contributed by atoms with Gasteiger partial charge in [0, 0.05) is 10.6 Å². The fourth-order valence-electron chi connectivity index (χ4n) is 1.20. The molecule has 1 unspecified atom stereocenters. The number of carboxylic acids is 1. The van der Waals surface area contributed by atoms with Crippen LogP contribution >= 0.6 is 11.8 Å². The van der Waals surface area contributed by atoms with Crippen LogP contribution in [0, 0.1) is 5.92 Å². The number of rotatable bonds is 6. The van der Waals surface area contributed by atoms with Crippen molar-refractivity contribution in [3.8, 4) is 0 Å². The summed E-state index contributed by atoms with van der Waals surface area (Å²) in [6.07, 6.45) is 0. The largest absolute Gasteiger partial charge is 0.481 e. The van der Waals surface area contributed by atoms with Crippen molar-refractivity contribution in [2.45, 2.75) is 23.6 Å². The van der Waals surface area contributed by atoms with Crippen molar-refractivity contribution in [1.82, 2.24) is 0 Å². The first-order valence-corrected chi connectivity index (χ1v) is 8.19. The van der Waals surface area contributed by atoms with Gasteiger partial charge in [-0.3, -0.25) is 4.79 Å². The third-order valence-electron chi connectivity index (χ3n) is 2.48. The van der Waals surface area contributed by atoms with Crippen LogP contribution in [0.4, 0.5) is 0 Å². The number of thioether (sulfide) groups is 1. The van der Waals surface area contributed by atoms with Crippen LogP contribution in [0.25, 0.3) is 0 Å². The summed E-state index contributed by atoms with van der Waals surface area (Å²) in [5.41, 5.74) is 0. The number of benzene rings is 1. The van der Waals surface area contributed by atoms with Gasteiger partial charge < -0.3 is 5.11 Å². The Labute approximate surface area is 111 Å². The zero-order valence-electron chi connectivity index (χ0n) is 10.3. The molecular formula is C12H16O4S2. The molecule has 18 heavy (non-hydrogen) atoms. The molecule has 0 spiro atoms. The lowest BCUT2D eigenvalue weighted by molar-refractivity contribution is -0.140. The molecule has 0 aliphatic heterocycles. The fourth-order valence-corrected chi connectivity index (χ4v) is 3.00. The Hall–Kier alpha value is -1.01. The van der Waals surface area contributed by atoms with E-state index in [1.807, 2.05) is 0 Å². The molecular weight excluding hydrogens is 272 g/mol. The van der Waals surface area contributed by atoms with Crippen LogP contribution in [-0.2, 0) is 14.6 Å². The van der Waals surface area contributed by atoms with Gasteiger partial charge in [0.1, 0.15) is 0 Å². The van der Waals surface area contributed by atoms with Crippen molar-refractivity contribution >= 4 is 27.6 Å². The predicted octanol–water partition coefficient (Wildman–Crippen LogP) is 2.29. The Morgan fingerprint density at radius 2 is 1.89 bits per heavy atom. The maximum absolute atomic E-state index is 11.6. The molecule has 0 aromatic heterocycles. The molecule has 1 atom stereocenters. The van der Waals surface area contributed by atoms with Gasteiger partial charge in [0.25, 0.3) is 0 Å². The zero-order valence-corrected chi connectivity index (χ0v) is 11.9. The maximum atomic E-state index is 11.6. The number of hydrogen-bond acceptors (Lipinski definition) is 4. The quantitative estimate of drug-likeness (QED) is 0.813. The van der Waals surface area contributed by atoms with Crippen LogP contribution in [0.1, 0.15) is 13.8 Å². The Kier molecular flexibility index (Phi) is 5.22. The summed E-state index contributed by atoms with van der Waals surface area (Å²) < 4.78 is 23.2. The molecule has 1 rings (SSSR count). The van der Waals surface area contributed by atoms with Crippen molar-refractivity contribution < 1.29 is 18.3 Å². The predicted molar refractivity (Wildman–Crippen MR) is 71.7 cm³/mol. The molecule has 1 N–H and O–H groups in total. The normalized spacial score (nSPS) is 13.2. The van der Waals surface area contributed by atoms with Crippen LogP contribution in [-0.4, -0.2) is 31.0 Å². The van der Waals surface area contributed by atoms with Crippen molar-refractivity contribution in [2.75, 3.05) is 11.5 Å². The number of carboxylic acid groups (broad SMARTS) is 1. The molecule has 0 saturated heterocycles. The van der Waals surface area contributed by atoms with E-state index in [1.54, 1.807) is 38.1 Å². The average Bonchev–Trinajstić information content (AvgIpc) is 2.36. The highest BCUT2D eigenvalue weighted by Crippen LogP contribution is 2.22. The van der Waals surface area contributed by atoms with E-state index in [4.69, 9.17) is 5.11 Å². The van der Waals surface area contributed by atoms with Crippen LogP contribution in [0.3, 0.4) is 0 Å². The number of hydrogen-bond donors (Lipinski definition) is 1. The van der Waals surface area contributed by atoms with E-state index in [2.05, 4.69) is 0 Å². The second-order valence-corrected chi connectivity index (χ2v) is 7.30. The second-order valence-electron chi connectivity index (χ2n) is 3.93. The van der Waals surface area contributed by atoms with Gasteiger partial charge in [-0.25, -0.2) is 8.42 Å². The molecule has 0 fully saturated rings. The summed E-state index contributed by atoms with van der Waals surface area (Å²) in [4.78, 5) is 11.8. The molecule has 6 heteroatoms. The van der Waals surface area contributed by atoms with Gasteiger partial charge in [-0.05, 0) is 24.3 Å². The SMILES string of the molecule is CCS(=O)(=O)c1ccc(SCC(C)C(=O)O)cc1. The molecule has 0 bridgehead atoms. The summed E-state index contributed by atoms with van der Waals surface area (Å²) in [5, 5.41) is 8.75. The molecule has 0 saturated carbocycles. The highest BCUT2D eigenvalue weighted by Gasteiger charge is 2.13. The lowest BCUT2D eigenvalue weighted by atomic mass is 10.2. The Bertz CT molecular complexity index is 505. The van der Waals surface area contributed by atoms with E-state index >= 15 is 0 Å². The first-order valence-electron chi connectivity index (χ1n) is 5.55. The lowest BCUT2D eigenvalue weighted by Crippen LogP contribution is -2.11. The maximum Gasteiger partial charge on any atom is 0.307 e. The third-order valence-corrected chi connectivity index (χ3v) is 5.51. The molecule has 100 valence electrons. The highest BCUT2D eigenvalue weighted by molar-refractivity contribution is 7.99. The van der Waals surface area contributed by atoms with Crippen LogP contribution < -0.4 is 0 Å². The minimum absolute atomic E-state index is 0.0789. The van der Waals surface area contributed by atoms with Gasteiger partial charge in [-0.1, -0.05) is 13.8 Å². The summed E-state index contributed by atoms with van der Waals surface area (Å²) in [6.45, 7) is 3.25. The molecule has 0 aliphatic rings. The molecule has 0 radical (unpaired) electrons. The first-order chi connectivity index (χ1) is 8.36. The number of aliphatic carboxylic acids is 1. The first kappa shape index (κ1) is 15.0. The van der Waals surface area contributed by atoms with Crippen LogP contribution in [0.15, 0.2) is 34.1 Å². The molecule has 0 aliphatic carbocycles. The summed E-state index contributed by atoms with van der Waals surface area (Å²) >= 11 is 1.41. The lowest BCUT2D eigenvalue weighted by Gasteiger charge is -2.06. The van der Waals surface area contributed by atoms with Gasteiger partial charge in [0.15, 0.2) is 9.84 Å². The highest BCUT2D eigenvalue weighted by atomic mass is 32.2. The molecule has 1 aromatic rings. The van der Waals surface area contributed by atoms with Gasteiger partial charge in [-0.15, -0.1) is 11.8 Å². The second kappa shape index (κ2) is 6.24. The Morgan fingerprint density at radius 3 is 2.33 bits per heavy atom. The van der Waals surface area contributed by atoms with Crippen LogP contribution in [0.5, 0.6) is 0 Å². The number of sulfone groups is 1. The van der Waals surface area contributed by atoms with Gasteiger partial charge >= 0.3 is 5.97 Å². The average molecular weight is 288 g/mol. The molecule has 1 aromatic carbocycles. The Balaban J connectivity index is 2.70. The molecule has 0 amide bonds. The smallest absolute Gasteiger partial charge is 0.307 e. The van der Waals surface area contributed by atoms with Gasteiger partial charge in [-0.2, -0.15) is 0 Å². The van der Waals surface area contributed by atoms with Crippen molar-refractivity contribution in [2.24, 2.45) is 5.92 Å². The van der Waals surface area contributed by atoms with E-state index in [1.165, 1.54) is 11.8 Å². The van der Waals surface area contributed by atoms with Crippen molar-refractivity contribution in [1.29, 1.82) is 0 Å². The standard InChI is InChI=1S/C12H16O4S2/c1-3-18(15,16)11-6-4-10(5-7-11)17-8-9(2)12(13)14/h4-7,9H,3,8H2,1-2H3,(H,13,14). The monoisotopic (exact) mass is 288 g/mol. The Morgan fingerprint density at radius 1 is 1.33 bits per heavy atom.